The molecular formula is C23H46Cl2HfNSi. The molecule has 2 aliphatic rings. The molecule has 2 rings (SSSR count). The molecule has 0 spiro atoms. The van der Waals surface area contributed by atoms with Crippen molar-refractivity contribution in [3.8, 4) is 0 Å². The molecular weight excluding hydrogens is 568 g/mol. The Bertz CT molecular complexity index is 507. The molecule has 0 radical (unpaired) electrons. The van der Waals surface area contributed by atoms with Crippen molar-refractivity contribution in [2.75, 3.05) is 0 Å². The number of hydrogen-bond acceptors (Lipinski definition) is 1. The van der Waals surface area contributed by atoms with Gasteiger partial charge in [0.05, 0.1) is 0 Å². The van der Waals surface area contributed by atoms with Crippen molar-refractivity contribution < 1.29 is 20.9 Å². The minimum Gasteiger partial charge on any atom is -0.147 e. The summed E-state index contributed by atoms with van der Waals surface area (Å²) in [5, 5.41) is 0. The molecule has 28 heavy (non-hydrogen) atoms. The Hall–Kier alpha value is 1.11. The third-order valence-corrected chi connectivity index (χ3v) is 32.1. The standard InChI is InChI=1S/C12H24N.C9H13.C2H7Si.2ClH.Hf/c13-12-10-8-6-4-2-1-3-5-7-9-11-12;1-6-5-7(2)9(4)8(6)3;1-3-2;;;/h12-13H,1-11H2;6H,1-4H3;3H,1-2H3;2*1H;/q-1;;;;;+1. The largest absolute Gasteiger partial charge is 0.147 e. The molecule has 0 heterocycles. The monoisotopic (exact) mass is 614 g/mol. The van der Waals surface area contributed by atoms with E-state index in [0.717, 1.165) is 12.0 Å². The molecule has 0 amide bonds. The number of allylic oxidation sites excluding steroid dienone is 4. The van der Waals surface area contributed by atoms with Crippen molar-refractivity contribution in [1.29, 1.82) is 0 Å². The van der Waals surface area contributed by atoms with Crippen LogP contribution in [0.15, 0.2) is 20.0 Å². The first-order valence-corrected chi connectivity index (χ1v) is 24.2. The second kappa shape index (κ2) is 15.0. The zero-order chi connectivity index (χ0) is 19.1. The van der Waals surface area contributed by atoms with Crippen LogP contribution in [0.3, 0.4) is 0 Å². The van der Waals surface area contributed by atoms with Crippen LogP contribution in [0.1, 0.15) is 98.3 Å². The predicted octanol–water partition coefficient (Wildman–Crippen LogP) is 7.87. The predicted molar refractivity (Wildman–Crippen MR) is 131 cm³/mol. The topological polar surface area (TPSA) is 12.0 Å². The molecule has 1 fully saturated rings. The van der Waals surface area contributed by atoms with Crippen LogP contribution < -0.4 is 3.30 Å². The minimum absolute atomic E-state index is 0. The number of halogens is 2. The van der Waals surface area contributed by atoms with E-state index in [4.69, 9.17) is 0 Å². The van der Waals surface area contributed by atoms with E-state index >= 15 is 0 Å². The Morgan fingerprint density at radius 3 is 1.54 bits per heavy atom. The van der Waals surface area contributed by atoms with E-state index in [-0.39, 0.29) is 24.8 Å². The smallest absolute Gasteiger partial charge is 0.147 e. The maximum atomic E-state index is 4.44. The van der Waals surface area contributed by atoms with E-state index in [2.05, 4.69) is 44.1 Å². The van der Waals surface area contributed by atoms with Crippen LogP contribution in [0.5, 0.6) is 0 Å². The summed E-state index contributed by atoms with van der Waals surface area (Å²) >= 11 is -1.86. The number of hydrogen-bond donors (Lipinski definition) is 1. The van der Waals surface area contributed by atoms with E-state index in [1.807, 2.05) is 3.33 Å². The third-order valence-electron chi connectivity index (χ3n) is 6.97. The van der Waals surface area contributed by atoms with Crippen LogP contribution in [0.2, 0.25) is 13.1 Å². The van der Waals surface area contributed by atoms with Gasteiger partial charge in [0.1, 0.15) is 0 Å². The first-order valence-electron chi connectivity index (χ1n) is 11.5. The first kappa shape index (κ1) is 29.1. The molecule has 0 bridgehead atoms. The van der Waals surface area contributed by atoms with Gasteiger partial charge in [0.2, 0.25) is 0 Å². The van der Waals surface area contributed by atoms with Crippen LogP contribution in [-0.4, -0.2) is 12.0 Å². The van der Waals surface area contributed by atoms with Crippen molar-refractivity contribution >= 4 is 30.8 Å². The van der Waals surface area contributed by atoms with Gasteiger partial charge < -0.3 is 0 Å². The number of rotatable bonds is 4. The Kier molecular flexibility index (Phi) is 15.6. The average Bonchev–Trinajstić information content (AvgIpc) is 2.78. The van der Waals surface area contributed by atoms with Gasteiger partial charge in [-0.25, -0.2) is 0 Å². The van der Waals surface area contributed by atoms with Crippen LogP contribution in [0, 0.1) is 5.92 Å². The zero-order valence-electron chi connectivity index (χ0n) is 19.3. The molecule has 0 aliphatic heterocycles. The fourth-order valence-corrected chi connectivity index (χ4v) is 29.6. The van der Waals surface area contributed by atoms with E-state index in [9.17, 15) is 0 Å². The van der Waals surface area contributed by atoms with Crippen molar-refractivity contribution in [2.24, 2.45) is 5.92 Å². The summed E-state index contributed by atoms with van der Waals surface area (Å²) in [4.78, 5) is 0. The summed E-state index contributed by atoms with van der Waals surface area (Å²) < 4.78 is 6.40. The third kappa shape index (κ3) is 8.33. The summed E-state index contributed by atoms with van der Waals surface area (Å²) in [7, 11) is 0. The fraction of sp³-hybridized carbons (Fsp3) is 0.826. The molecule has 0 saturated heterocycles. The van der Waals surface area contributed by atoms with Gasteiger partial charge in [-0.15, -0.1) is 24.8 Å². The molecule has 1 nitrogen and oxygen atoms in total. The maximum Gasteiger partial charge on any atom is -0.147 e. The summed E-state index contributed by atoms with van der Waals surface area (Å²) in [6.07, 6.45) is 16.1. The maximum absolute atomic E-state index is 4.44. The Labute approximate surface area is 197 Å². The van der Waals surface area contributed by atoms with Crippen LogP contribution in [-0.2, 0) is 20.9 Å². The Morgan fingerprint density at radius 2 is 1.18 bits per heavy atom. The van der Waals surface area contributed by atoms with Crippen LogP contribution in [0.4, 0.5) is 0 Å². The van der Waals surface area contributed by atoms with Gasteiger partial charge in [0.15, 0.2) is 0 Å². The molecule has 1 saturated carbocycles. The number of nitrogens with one attached hydrogen (secondary N) is 1. The molecule has 0 aromatic rings. The van der Waals surface area contributed by atoms with Crippen molar-refractivity contribution in [2.45, 2.75) is 117 Å². The summed E-state index contributed by atoms with van der Waals surface area (Å²) in [6.45, 7) is 15.0. The van der Waals surface area contributed by atoms with Gasteiger partial charge in [-0.05, 0) is 0 Å². The van der Waals surface area contributed by atoms with Crippen molar-refractivity contribution in [3.05, 3.63) is 20.0 Å². The van der Waals surface area contributed by atoms with E-state index < -0.39 is 26.9 Å². The summed E-state index contributed by atoms with van der Waals surface area (Å²) in [6, 6.07) is 0.834. The van der Waals surface area contributed by atoms with Gasteiger partial charge in [0, 0.05) is 0 Å². The summed E-state index contributed by atoms with van der Waals surface area (Å²) in [5.74, 6) is 0.155. The summed E-state index contributed by atoms with van der Waals surface area (Å²) in [5.41, 5.74) is 4.97. The molecule has 2 aliphatic carbocycles. The zero-order valence-corrected chi connectivity index (χ0v) is 25.7. The van der Waals surface area contributed by atoms with Gasteiger partial charge in [0.25, 0.3) is 0 Å². The van der Waals surface area contributed by atoms with Crippen molar-refractivity contribution in [1.82, 2.24) is 3.30 Å². The average molecular weight is 614 g/mol. The second-order valence-electron chi connectivity index (χ2n) is 9.24. The molecule has 5 heteroatoms. The molecule has 1 atom stereocenters. The van der Waals surface area contributed by atoms with Gasteiger partial charge in [-0.1, -0.05) is 0 Å². The molecule has 0 aromatic carbocycles. The van der Waals surface area contributed by atoms with Crippen molar-refractivity contribution in [3.63, 3.8) is 0 Å². The van der Waals surface area contributed by atoms with E-state index in [1.165, 1.54) is 70.6 Å². The van der Waals surface area contributed by atoms with Gasteiger partial charge >= 0.3 is 174 Å². The van der Waals surface area contributed by atoms with E-state index in [0.29, 0.717) is 0 Å². The van der Waals surface area contributed by atoms with Gasteiger partial charge in [-0.3, -0.25) is 0 Å². The van der Waals surface area contributed by atoms with Crippen LogP contribution in [0.25, 0.3) is 0 Å². The normalized spacial score (nSPS) is 23.0. The fourth-order valence-electron chi connectivity index (χ4n) is 4.88. The van der Waals surface area contributed by atoms with Crippen LogP contribution >= 0.6 is 24.8 Å². The first-order chi connectivity index (χ1) is 12.4. The molecule has 165 valence electrons. The minimum atomic E-state index is -1.86. The second-order valence-corrected chi connectivity index (χ2v) is 34.7. The molecule has 0 aromatic heterocycles. The Morgan fingerprint density at radius 1 is 0.750 bits per heavy atom. The van der Waals surface area contributed by atoms with Gasteiger partial charge in [-0.2, -0.15) is 0 Å². The van der Waals surface area contributed by atoms with E-state index in [1.54, 1.807) is 16.7 Å². The quantitative estimate of drug-likeness (QED) is 0.318. The SMILES string of the molecule is CC1=C(C)C(C)[C]([Hf]([NH]C2CCCCCCCCCCC2)[SiH](C)C)=C1C.Cl.Cl. The molecule has 1 unspecified atom stereocenters. The molecule has 1 N–H and O–H groups in total. The Balaban J connectivity index is 0.00000364.